The standard InChI is InChI=1S/C16H22N2O4/c1-18(13-8-4-3-5-9-13)16(20)22-14-10-6-7-12(11-14)17-15(19)21-2/h6-7,10-11,13H,3-5,8-9H2,1-2H3,(H,17,19). The minimum absolute atomic E-state index is 0.248. The fraction of sp³-hybridized carbons (Fsp3) is 0.500. The van der Waals surface area contributed by atoms with Crippen LogP contribution in [0.5, 0.6) is 5.75 Å². The van der Waals surface area contributed by atoms with Crippen molar-refractivity contribution in [1.82, 2.24) is 4.90 Å². The average Bonchev–Trinajstić information content (AvgIpc) is 2.55. The molecule has 1 aliphatic rings. The highest BCUT2D eigenvalue weighted by atomic mass is 16.6. The van der Waals surface area contributed by atoms with E-state index in [9.17, 15) is 9.59 Å². The minimum atomic E-state index is -0.567. The third kappa shape index (κ3) is 4.38. The summed E-state index contributed by atoms with van der Waals surface area (Å²) >= 11 is 0. The van der Waals surface area contributed by atoms with E-state index in [1.54, 1.807) is 36.2 Å². The highest BCUT2D eigenvalue weighted by molar-refractivity contribution is 5.84. The van der Waals surface area contributed by atoms with Gasteiger partial charge in [-0.25, -0.2) is 9.59 Å². The second-order valence-corrected chi connectivity index (χ2v) is 5.42. The van der Waals surface area contributed by atoms with Gasteiger partial charge in [-0.3, -0.25) is 5.32 Å². The maximum atomic E-state index is 12.2. The Morgan fingerprint density at radius 2 is 1.95 bits per heavy atom. The second kappa shape index (κ2) is 7.68. The molecule has 1 N–H and O–H groups in total. The molecule has 0 spiro atoms. The van der Waals surface area contributed by atoms with Crippen LogP contribution >= 0.6 is 0 Å². The number of carbonyl (C=O) groups excluding carboxylic acids is 2. The highest BCUT2D eigenvalue weighted by Crippen LogP contribution is 2.23. The molecule has 1 aromatic rings. The van der Waals surface area contributed by atoms with Crippen molar-refractivity contribution < 1.29 is 19.1 Å². The molecule has 0 aliphatic heterocycles. The van der Waals surface area contributed by atoms with Crippen molar-refractivity contribution in [2.24, 2.45) is 0 Å². The molecule has 0 saturated heterocycles. The van der Waals surface area contributed by atoms with Crippen molar-refractivity contribution >= 4 is 17.9 Å². The highest BCUT2D eigenvalue weighted by Gasteiger charge is 2.23. The Balaban J connectivity index is 1.95. The van der Waals surface area contributed by atoms with Crippen LogP contribution in [0.4, 0.5) is 15.3 Å². The van der Waals surface area contributed by atoms with Gasteiger partial charge >= 0.3 is 12.2 Å². The molecule has 0 atom stereocenters. The molecule has 6 nitrogen and oxygen atoms in total. The van der Waals surface area contributed by atoms with Gasteiger partial charge in [-0.1, -0.05) is 25.3 Å². The lowest BCUT2D eigenvalue weighted by molar-refractivity contribution is 0.133. The SMILES string of the molecule is COC(=O)Nc1cccc(OC(=O)N(C)C2CCCCC2)c1. The summed E-state index contributed by atoms with van der Waals surface area (Å²) in [6.45, 7) is 0. The summed E-state index contributed by atoms with van der Waals surface area (Å²) in [5.74, 6) is 0.390. The topological polar surface area (TPSA) is 67.9 Å². The van der Waals surface area contributed by atoms with Gasteiger partial charge in [-0.2, -0.15) is 0 Å². The number of hydrogen-bond acceptors (Lipinski definition) is 4. The number of hydrogen-bond donors (Lipinski definition) is 1. The van der Waals surface area contributed by atoms with Crippen LogP contribution in [0.1, 0.15) is 32.1 Å². The van der Waals surface area contributed by atoms with Crippen LogP contribution in [-0.2, 0) is 4.74 Å². The molecule has 120 valence electrons. The normalized spacial score (nSPS) is 15.0. The van der Waals surface area contributed by atoms with Gasteiger partial charge in [0.2, 0.25) is 0 Å². The molecule has 2 amide bonds. The summed E-state index contributed by atoms with van der Waals surface area (Å²) in [6, 6.07) is 6.91. The first-order chi connectivity index (χ1) is 10.6. The van der Waals surface area contributed by atoms with Gasteiger partial charge in [0.25, 0.3) is 0 Å². The summed E-state index contributed by atoms with van der Waals surface area (Å²) in [5, 5.41) is 2.53. The van der Waals surface area contributed by atoms with E-state index in [0.29, 0.717) is 11.4 Å². The molecular weight excluding hydrogens is 284 g/mol. The number of ether oxygens (including phenoxy) is 2. The first-order valence-corrected chi connectivity index (χ1v) is 7.50. The largest absolute Gasteiger partial charge is 0.453 e. The van der Waals surface area contributed by atoms with Gasteiger partial charge in [0.15, 0.2) is 0 Å². The predicted molar refractivity (Wildman–Crippen MR) is 83.1 cm³/mol. The van der Waals surface area contributed by atoms with Crippen molar-refractivity contribution in [3.8, 4) is 5.75 Å². The number of benzene rings is 1. The van der Waals surface area contributed by atoms with Crippen LogP contribution in [-0.4, -0.2) is 37.3 Å². The van der Waals surface area contributed by atoms with Crippen LogP contribution in [0.3, 0.4) is 0 Å². The van der Waals surface area contributed by atoms with E-state index in [2.05, 4.69) is 10.1 Å². The zero-order valence-corrected chi connectivity index (χ0v) is 13.0. The monoisotopic (exact) mass is 306 g/mol. The number of nitrogens with zero attached hydrogens (tertiary/aromatic N) is 1. The van der Waals surface area contributed by atoms with E-state index in [0.717, 1.165) is 25.7 Å². The fourth-order valence-corrected chi connectivity index (χ4v) is 2.60. The third-order valence-electron chi connectivity index (χ3n) is 3.88. The van der Waals surface area contributed by atoms with E-state index < -0.39 is 6.09 Å². The lowest BCUT2D eigenvalue weighted by Gasteiger charge is -2.30. The van der Waals surface area contributed by atoms with Crippen molar-refractivity contribution in [2.75, 3.05) is 19.5 Å². The maximum Gasteiger partial charge on any atom is 0.415 e. The number of nitrogens with one attached hydrogen (secondary N) is 1. The summed E-state index contributed by atoms with van der Waals surface area (Å²) in [6.07, 6.45) is 4.65. The fourth-order valence-electron chi connectivity index (χ4n) is 2.60. The van der Waals surface area contributed by atoms with Crippen molar-refractivity contribution in [3.05, 3.63) is 24.3 Å². The quantitative estimate of drug-likeness (QED) is 0.926. The molecule has 0 heterocycles. The maximum absolute atomic E-state index is 12.2. The lowest BCUT2D eigenvalue weighted by Crippen LogP contribution is -2.39. The first kappa shape index (κ1) is 16.1. The molecular formula is C16H22N2O4. The molecule has 22 heavy (non-hydrogen) atoms. The number of rotatable bonds is 3. The summed E-state index contributed by atoms with van der Waals surface area (Å²) in [5.41, 5.74) is 0.512. The number of methoxy groups -OCH3 is 1. The molecule has 0 aromatic heterocycles. The van der Waals surface area contributed by atoms with Crippen LogP contribution in [0.2, 0.25) is 0 Å². The average molecular weight is 306 g/mol. The summed E-state index contributed by atoms with van der Waals surface area (Å²) in [4.78, 5) is 25.0. The van der Waals surface area contributed by atoms with Crippen molar-refractivity contribution in [3.63, 3.8) is 0 Å². The smallest absolute Gasteiger partial charge is 0.415 e. The molecule has 1 aliphatic carbocycles. The van der Waals surface area contributed by atoms with Crippen molar-refractivity contribution in [2.45, 2.75) is 38.1 Å². The number of anilines is 1. The van der Waals surface area contributed by atoms with E-state index in [4.69, 9.17) is 4.74 Å². The minimum Gasteiger partial charge on any atom is -0.453 e. The Morgan fingerprint density at radius 3 is 2.64 bits per heavy atom. The Hall–Kier alpha value is -2.24. The van der Waals surface area contributed by atoms with Gasteiger partial charge < -0.3 is 14.4 Å². The van der Waals surface area contributed by atoms with Gasteiger partial charge in [0, 0.05) is 24.8 Å². The van der Waals surface area contributed by atoms with E-state index in [1.807, 2.05) is 0 Å². The Labute approximate surface area is 130 Å². The predicted octanol–water partition coefficient (Wildman–Crippen LogP) is 3.63. The van der Waals surface area contributed by atoms with E-state index in [1.165, 1.54) is 13.5 Å². The molecule has 6 heteroatoms. The Bertz CT molecular complexity index is 527. The summed E-state index contributed by atoms with van der Waals surface area (Å²) < 4.78 is 9.91. The molecule has 1 saturated carbocycles. The first-order valence-electron chi connectivity index (χ1n) is 7.50. The molecule has 0 unspecified atom stereocenters. The van der Waals surface area contributed by atoms with Crippen LogP contribution in [0.25, 0.3) is 0 Å². The molecule has 0 radical (unpaired) electrons. The Kier molecular flexibility index (Phi) is 5.63. The van der Waals surface area contributed by atoms with Crippen LogP contribution in [0, 0.1) is 0 Å². The van der Waals surface area contributed by atoms with Crippen LogP contribution in [0.15, 0.2) is 24.3 Å². The molecule has 1 aromatic carbocycles. The second-order valence-electron chi connectivity index (χ2n) is 5.42. The number of amides is 2. The van der Waals surface area contributed by atoms with Gasteiger partial charge in [0.1, 0.15) is 5.75 Å². The number of carbonyl (C=O) groups is 2. The van der Waals surface area contributed by atoms with Gasteiger partial charge in [0.05, 0.1) is 7.11 Å². The van der Waals surface area contributed by atoms with Crippen molar-refractivity contribution in [1.29, 1.82) is 0 Å². The molecule has 2 rings (SSSR count). The third-order valence-corrected chi connectivity index (χ3v) is 3.88. The lowest BCUT2D eigenvalue weighted by atomic mass is 9.95. The zero-order valence-electron chi connectivity index (χ0n) is 13.0. The van der Waals surface area contributed by atoms with Crippen LogP contribution < -0.4 is 10.1 Å². The van der Waals surface area contributed by atoms with E-state index >= 15 is 0 Å². The van der Waals surface area contributed by atoms with Gasteiger partial charge in [-0.05, 0) is 25.0 Å². The molecule has 0 bridgehead atoms. The molecule has 1 fully saturated rings. The zero-order chi connectivity index (χ0) is 15.9. The Morgan fingerprint density at radius 1 is 1.23 bits per heavy atom. The van der Waals surface area contributed by atoms with Gasteiger partial charge in [-0.15, -0.1) is 0 Å². The summed E-state index contributed by atoms with van der Waals surface area (Å²) in [7, 11) is 3.06. The van der Waals surface area contributed by atoms with E-state index in [-0.39, 0.29) is 12.1 Å².